The minimum Gasteiger partial charge on any atom is -0.376 e. The van der Waals surface area contributed by atoms with E-state index in [1.807, 2.05) is 58.0 Å². The Labute approximate surface area is 232 Å². The molecule has 4 heterocycles. The quantitative estimate of drug-likeness (QED) is 0.314. The van der Waals surface area contributed by atoms with E-state index in [2.05, 4.69) is 10.1 Å². The number of carbonyl (C=O) groups is 1. The molecule has 39 heavy (non-hydrogen) atoms. The number of rotatable bonds is 7. The van der Waals surface area contributed by atoms with Crippen molar-refractivity contribution in [3.63, 3.8) is 0 Å². The number of aromatic nitrogens is 4. The molecule has 1 aliphatic rings. The van der Waals surface area contributed by atoms with Gasteiger partial charge in [0.25, 0.3) is 5.56 Å². The van der Waals surface area contributed by atoms with E-state index in [0.29, 0.717) is 30.3 Å². The second-order valence-electron chi connectivity index (χ2n) is 11.1. The first-order valence-corrected chi connectivity index (χ1v) is 13.6. The fourth-order valence-corrected chi connectivity index (χ4v) is 5.17. The van der Waals surface area contributed by atoms with Crippen LogP contribution in [-0.2, 0) is 33.7 Å². The Hall–Kier alpha value is -3.33. The van der Waals surface area contributed by atoms with Crippen molar-refractivity contribution in [2.24, 2.45) is 0 Å². The predicted octanol–water partition coefficient (Wildman–Crippen LogP) is 5.23. The lowest BCUT2D eigenvalue weighted by atomic mass is 9.92. The van der Waals surface area contributed by atoms with Crippen LogP contribution in [0.4, 0.5) is 0 Å². The summed E-state index contributed by atoms with van der Waals surface area (Å²) < 4.78 is 15.3. The zero-order chi connectivity index (χ0) is 27.7. The number of Topliss-reactive ketones (excluding diaryl/α,β-unsaturated/α-hetero) is 1. The summed E-state index contributed by atoms with van der Waals surface area (Å²) in [6.07, 6.45) is 6.25. The van der Waals surface area contributed by atoms with E-state index in [1.54, 1.807) is 27.5 Å². The lowest BCUT2D eigenvalue weighted by Crippen LogP contribution is -2.33. The van der Waals surface area contributed by atoms with Gasteiger partial charge in [-0.1, -0.05) is 17.7 Å². The molecule has 9 heteroatoms. The number of ether oxygens (including phenoxy) is 2. The third-order valence-electron chi connectivity index (χ3n) is 6.91. The lowest BCUT2D eigenvalue weighted by molar-refractivity contribution is -0.122. The second-order valence-corrected chi connectivity index (χ2v) is 11.5. The van der Waals surface area contributed by atoms with Crippen molar-refractivity contribution in [2.75, 3.05) is 6.61 Å². The zero-order valence-corrected chi connectivity index (χ0v) is 23.4. The van der Waals surface area contributed by atoms with Crippen LogP contribution >= 0.6 is 11.6 Å². The standard InChI is InChI=1S/C30H33ClN4O4/c1-19-11-21-5-6-23(31)14-24(21)25-15-29(37)34(16-22(25)17-38-19)26(8-10-39-30(2,3)4)27(36)12-20-7-9-35-28(13-20)32-18-33-35/h5-7,9,13-16,18-19,26H,8,10-12,17H2,1-4H3. The molecule has 204 valence electrons. The summed E-state index contributed by atoms with van der Waals surface area (Å²) in [5.41, 5.74) is 4.47. The molecule has 1 aliphatic heterocycles. The van der Waals surface area contributed by atoms with Crippen molar-refractivity contribution in [2.45, 2.75) is 71.3 Å². The number of nitrogens with zero attached hydrogens (tertiary/aromatic N) is 4. The molecule has 8 nitrogen and oxygen atoms in total. The Bertz CT molecular complexity index is 1570. The smallest absolute Gasteiger partial charge is 0.251 e. The molecule has 4 aromatic rings. The molecule has 0 spiro atoms. The van der Waals surface area contributed by atoms with Crippen molar-refractivity contribution in [1.29, 1.82) is 0 Å². The number of hydrogen-bond acceptors (Lipinski definition) is 6. The van der Waals surface area contributed by atoms with Crippen LogP contribution in [-0.4, -0.2) is 43.3 Å². The van der Waals surface area contributed by atoms with Gasteiger partial charge in [0.05, 0.1) is 24.4 Å². The second kappa shape index (κ2) is 11.0. The van der Waals surface area contributed by atoms with Crippen LogP contribution in [0.2, 0.25) is 5.02 Å². The van der Waals surface area contributed by atoms with E-state index in [1.165, 1.54) is 6.33 Å². The van der Waals surface area contributed by atoms with Crippen LogP contribution in [0.5, 0.6) is 0 Å². The number of fused-ring (bicyclic) bond motifs is 4. The first-order valence-electron chi connectivity index (χ1n) is 13.2. The Morgan fingerprint density at radius 1 is 1.18 bits per heavy atom. The van der Waals surface area contributed by atoms with Gasteiger partial charge < -0.3 is 14.0 Å². The van der Waals surface area contributed by atoms with Crippen molar-refractivity contribution in [1.82, 2.24) is 19.2 Å². The molecule has 2 unspecified atom stereocenters. The molecule has 0 saturated carbocycles. The summed E-state index contributed by atoms with van der Waals surface area (Å²) in [6.45, 7) is 8.59. The normalized spacial score (nSPS) is 16.3. The van der Waals surface area contributed by atoms with Crippen LogP contribution in [0, 0.1) is 0 Å². The van der Waals surface area contributed by atoms with Gasteiger partial charge in [-0.3, -0.25) is 9.59 Å². The maximum absolute atomic E-state index is 13.8. The molecule has 0 radical (unpaired) electrons. The molecule has 0 N–H and O–H groups in total. The largest absolute Gasteiger partial charge is 0.376 e. The van der Waals surface area contributed by atoms with E-state index < -0.39 is 6.04 Å². The topological polar surface area (TPSA) is 87.7 Å². The van der Waals surface area contributed by atoms with Crippen LogP contribution in [0.3, 0.4) is 0 Å². The van der Waals surface area contributed by atoms with E-state index in [9.17, 15) is 9.59 Å². The first kappa shape index (κ1) is 27.2. The fourth-order valence-electron chi connectivity index (χ4n) is 5.00. The highest BCUT2D eigenvalue weighted by atomic mass is 35.5. The first-order chi connectivity index (χ1) is 18.6. The Balaban J connectivity index is 1.53. The van der Waals surface area contributed by atoms with Gasteiger partial charge in [-0.2, -0.15) is 5.10 Å². The summed E-state index contributed by atoms with van der Waals surface area (Å²) in [5, 5.41) is 4.72. The molecule has 0 saturated heterocycles. The molecule has 5 rings (SSSR count). The molecular weight excluding hydrogens is 516 g/mol. The SMILES string of the molecule is CC1Cc2ccc(Cl)cc2-c2cc(=O)n(C(CCOC(C)(C)C)C(=O)Cc3ccn4ncnc4c3)cc2CO1. The molecule has 1 aromatic carbocycles. The molecule has 0 fully saturated rings. The highest BCUT2D eigenvalue weighted by Gasteiger charge is 2.26. The zero-order valence-electron chi connectivity index (χ0n) is 22.7. The van der Waals surface area contributed by atoms with Crippen molar-refractivity contribution in [3.05, 3.63) is 87.2 Å². The minimum absolute atomic E-state index is 0.0110. The third kappa shape index (κ3) is 6.30. The van der Waals surface area contributed by atoms with Crippen molar-refractivity contribution >= 4 is 23.0 Å². The molecule has 2 atom stereocenters. The summed E-state index contributed by atoms with van der Waals surface area (Å²) >= 11 is 6.35. The van der Waals surface area contributed by atoms with Crippen LogP contribution in [0.15, 0.2) is 59.9 Å². The lowest BCUT2D eigenvalue weighted by Gasteiger charge is -2.26. The van der Waals surface area contributed by atoms with Gasteiger partial charge in [-0.25, -0.2) is 9.50 Å². The van der Waals surface area contributed by atoms with Crippen molar-refractivity contribution in [3.8, 4) is 11.1 Å². The maximum atomic E-state index is 13.8. The molecular formula is C30H33ClN4O4. The third-order valence-corrected chi connectivity index (χ3v) is 7.15. The minimum atomic E-state index is -0.707. The van der Waals surface area contributed by atoms with E-state index in [-0.39, 0.29) is 29.5 Å². The molecule has 0 aliphatic carbocycles. The highest BCUT2D eigenvalue weighted by molar-refractivity contribution is 6.30. The molecule has 0 bridgehead atoms. The van der Waals surface area contributed by atoms with Crippen LogP contribution < -0.4 is 5.56 Å². The van der Waals surface area contributed by atoms with Gasteiger partial charge in [0.2, 0.25) is 0 Å². The number of halogens is 1. The van der Waals surface area contributed by atoms with Gasteiger partial charge in [0.1, 0.15) is 6.33 Å². The van der Waals surface area contributed by atoms with E-state index in [4.69, 9.17) is 21.1 Å². The van der Waals surface area contributed by atoms with Gasteiger partial charge >= 0.3 is 0 Å². The van der Waals surface area contributed by atoms with E-state index in [0.717, 1.165) is 34.2 Å². The number of pyridine rings is 2. The molecule has 3 aromatic heterocycles. The van der Waals surface area contributed by atoms with Gasteiger partial charge in [0, 0.05) is 42.1 Å². The van der Waals surface area contributed by atoms with Crippen molar-refractivity contribution < 1.29 is 14.3 Å². The number of hydrogen-bond donors (Lipinski definition) is 0. The number of ketones is 1. The highest BCUT2D eigenvalue weighted by Crippen LogP contribution is 2.33. The predicted molar refractivity (Wildman–Crippen MR) is 150 cm³/mol. The van der Waals surface area contributed by atoms with Crippen LogP contribution in [0.25, 0.3) is 16.8 Å². The maximum Gasteiger partial charge on any atom is 0.251 e. The average Bonchev–Trinajstić information content (AvgIpc) is 3.33. The van der Waals surface area contributed by atoms with Gasteiger partial charge in [-0.15, -0.1) is 0 Å². The number of benzene rings is 1. The van der Waals surface area contributed by atoms with Gasteiger partial charge in [0.15, 0.2) is 11.4 Å². The number of carbonyl (C=O) groups excluding carboxylic acids is 1. The summed E-state index contributed by atoms with van der Waals surface area (Å²) in [5.74, 6) is -0.0815. The Morgan fingerprint density at radius 3 is 2.77 bits per heavy atom. The Kier molecular flexibility index (Phi) is 7.71. The van der Waals surface area contributed by atoms with Crippen LogP contribution in [0.1, 0.15) is 56.8 Å². The summed E-state index contributed by atoms with van der Waals surface area (Å²) in [6, 6.07) is 10.3. The fraction of sp³-hybridized carbons (Fsp3) is 0.400. The Morgan fingerprint density at radius 2 is 1.97 bits per heavy atom. The molecule has 0 amide bonds. The summed E-state index contributed by atoms with van der Waals surface area (Å²) in [4.78, 5) is 31.6. The average molecular weight is 549 g/mol. The van der Waals surface area contributed by atoms with E-state index >= 15 is 0 Å². The summed E-state index contributed by atoms with van der Waals surface area (Å²) in [7, 11) is 0. The van der Waals surface area contributed by atoms with Gasteiger partial charge in [-0.05, 0) is 87.1 Å². The monoisotopic (exact) mass is 548 g/mol.